The number of rotatable bonds is 6. The largest absolute Gasteiger partial charge is 0.493 e. The molecule has 2 unspecified atom stereocenters. The van der Waals surface area contributed by atoms with E-state index in [1.54, 1.807) is 6.07 Å². The second kappa shape index (κ2) is 6.81. The van der Waals surface area contributed by atoms with Crippen molar-refractivity contribution in [2.45, 2.75) is 58.3 Å². The van der Waals surface area contributed by atoms with Crippen molar-refractivity contribution in [2.75, 3.05) is 6.61 Å². The monoisotopic (exact) mass is 346 g/mol. The van der Waals surface area contributed by atoms with E-state index in [0.717, 1.165) is 38.5 Å². The standard InChI is InChI=1S/C21H27FO3/c1-4-21(10-13(2)7-14(3)11-21)12-25-16-8-17(15-5-6-15)19(20(23)24)18(22)9-16/h8-9,14-15H,2,4-7,10-12H2,1,3H3,(H,23,24). The Kier molecular flexibility index (Phi) is 4.90. The van der Waals surface area contributed by atoms with E-state index in [1.165, 1.54) is 11.6 Å². The van der Waals surface area contributed by atoms with Crippen LogP contribution in [0.5, 0.6) is 5.75 Å². The Bertz CT molecular complexity index is 693. The second-order valence-electron chi connectivity index (χ2n) is 8.03. The Balaban J connectivity index is 1.81. The van der Waals surface area contributed by atoms with Crippen LogP contribution in [-0.4, -0.2) is 17.7 Å². The van der Waals surface area contributed by atoms with E-state index < -0.39 is 11.8 Å². The maximum atomic E-state index is 14.3. The predicted molar refractivity (Wildman–Crippen MR) is 95.7 cm³/mol. The maximum Gasteiger partial charge on any atom is 0.338 e. The minimum atomic E-state index is -1.20. The molecule has 0 heterocycles. The number of allylic oxidation sites excluding steroid dienone is 1. The van der Waals surface area contributed by atoms with Gasteiger partial charge in [0.2, 0.25) is 0 Å². The molecule has 0 amide bonds. The molecule has 2 saturated carbocycles. The van der Waals surface area contributed by atoms with Crippen LogP contribution in [0.15, 0.2) is 24.3 Å². The normalized spacial score (nSPS) is 26.5. The van der Waals surface area contributed by atoms with Gasteiger partial charge in [0.05, 0.1) is 12.2 Å². The molecule has 0 saturated heterocycles. The number of carbonyl (C=O) groups is 1. The summed E-state index contributed by atoms with van der Waals surface area (Å²) in [5.74, 6) is -0.718. The number of carboxylic acid groups (broad SMARTS) is 1. The number of halogens is 1. The lowest BCUT2D eigenvalue weighted by molar-refractivity contribution is 0.0689. The summed E-state index contributed by atoms with van der Waals surface area (Å²) in [5, 5.41) is 9.29. The Morgan fingerprint density at radius 3 is 2.72 bits per heavy atom. The van der Waals surface area contributed by atoms with E-state index in [9.17, 15) is 14.3 Å². The highest BCUT2D eigenvalue weighted by Crippen LogP contribution is 2.46. The van der Waals surface area contributed by atoms with Crippen LogP contribution in [0.1, 0.15) is 74.2 Å². The van der Waals surface area contributed by atoms with Crippen LogP contribution in [0, 0.1) is 17.2 Å². The lowest BCUT2D eigenvalue weighted by Gasteiger charge is -2.40. The van der Waals surface area contributed by atoms with Gasteiger partial charge in [-0.25, -0.2) is 9.18 Å². The molecule has 4 heteroatoms. The van der Waals surface area contributed by atoms with Gasteiger partial charge in [0.15, 0.2) is 0 Å². The number of hydrogen-bond donors (Lipinski definition) is 1. The highest BCUT2D eigenvalue weighted by molar-refractivity contribution is 5.90. The molecule has 2 aliphatic rings. The number of benzene rings is 1. The van der Waals surface area contributed by atoms with Crippen molar-refractivity contribution in [1.29, 1.82) is 0 Å². The third kappa shape index (κ3) is 3.88. The smallest absolute Gasteiger partial charge is 0.338 e. The molecular weight excluding hydrogens is 319 g/mol. The Morgan fingerprint density at radius 1 is 1.44 bits per heavy atom. The fourth-order valence-corrected chi connectivity index (χ4v) is 4.32. The molecule has 136 valence electrons. The van der Waals surface area contributed by atoms with Gasteiger partial charge in [-0.2, -0.15) is 0 Å². The SMILES string of the molecule is C=C1CC(C)CC(CC)(COc2cc(F)c(C(=O)O)c(C3CC3)c2)C1. The third-order valence-corrected chi connectivity index (χ3v) is 5.66. The maximum absolute atomic E-state index is 14.3. The van der Waals surface area contributed by atoms with Crippen molar-refractivity contribution in [2.24, 2.45) is 11.3 Å². The summed E-state index contributed by atoms with van der Waals surface area (Å²) >= 11 is 0. The average Bonchev–Trinajstić information content (AvgIpc) is 3.36. The summed E-state index contributed by atoms with van der Waals surface area (Å²) in [4.78, 5) is 11.4. The van der Waals surface area contributed by atoms with Gasteiger partial charge in [0.25, 0.3) is 0 Å². The van der Waals surface area contributed by atoms with Crippen LogP contribution in [0.3, 0.4) is 0 Å². The molecule has 3 nitrogen and oxygen atoms in total. The van der Waals surface area contributed by atoms with E-state index >= 15 is 0 Å². The molecule has 3 rings (SSSR count). The molecule has 2 atom stereocenters. The zero-order valence-electron chi connectivity index (χ0n) is 15.1. The molecule has 2 fully saturated rings. The number of hydrogen-bond acceptors (Lipinski definition) is 2. The quantitative estimate of drug-likeness (QED) is 0.687. The lowest BCUT2D eigenvalue weighted by Crippen LogP contribution is -2.34. The first-order valence-electron chi connectivity index (χ1n) is 9.20. The summed E-state index contributed by atoms with van der Waals surface area (Å²) in [5.41, 5.74) is 1.68. The molecule has 25 heavy (non-hydrogen) atoms. The summed E-state index contributed by atoms with van der Waals surface area (Å²) in [6, 6.07) is 2.95. The highest BCUT2D eigenvalue weighted by atomic mass is 19.1. The van der Waals surface area contributed by atoms with Gasteiger partial charge in [0.1, 0.15) is 11.6 Å². The Hall–Kier alpha value is -1.84. The van der Waals surface area contributed by atoms with Crippen molar-refractivity contribution in [3.63, 3.8) is 0 Å². The van der Waals surface area contributed by atoms with Gasteiger partial charge >= 0.3 is 5.97 Å². The van der Waals surface area contributed by atoms with Gasteiger partial charge in [-0.1, -0.05) is 26.0 Å². The molecule has 0 bridgehead atoms. The summed E-state index contributed by atoms with van der Waals surface area (Å²) < 4.78 is 20.3. The first-order chi connectivity index (χ1) is 11.8. The van der Waals surface area contributed by atoms with Crippen molar-refractivity contribution in [3.8, 4) is 5.75 Å². The number of aromatic carboxylic acids is 1. The minimum absolute atomic E-state index is 0.0381. The summed E-state index contributed by atoms with van der Waals surface area (Å²) in [6.45, 7) is 9.09. The molecule has 1 N–H and O–H groups in total. The molecule has 1 aromatic carbocycles. The van der Waals surface area contributed by atoms with E-state index in [4.69, 9.17) is 4.74 Å². The number of carboxylic acids is 1. The zero-order chi connectivity index (χ0) is 18.2. The van der Waals surface area contributed by atoms with Crippen LogP contribution in [0.4, 0.5) is 4.39 Å². The molecular formula is C21H27FO3. The highest BCUT2D eigenvalue weighted by Gasteiger charge is 2.36. The molecule has 0 spiro atoms. The van der Waals surface area contributed by atoms with E-state index in [-0.39, 0.29) is 16.9 Å². The molecule has 2 aliphatic carbocycles. The van der Waals surface area contributed by atoms with Gasteiger partial charge in [-0.05, 0) is 62.0 Å². The molecule has 0 aromatic heterocycles. The third-order valence-electron chi connectivity index (χ3n) is 5.66. The van der Waals surface area contributed by atoms with Crippen molar-refractivity contribution < 1.29 is 19.0 Å². The van der Waals surface area contributed by atoms with E-state index in [0.29, 0.717) is 23.8 Å². The first-order valence-corrected chi connectivity index (χ1v) is 9.20. The van der Waals surface area contributed by atoms with Crippen LogP contribution in [0.25, 0.3) is 0 Å². The van der Waals surface area contributed by atoms with Crippen LogP contribution in [-0.2, 0) is 0 Å². The minimum Gasteiger partial charge on any atom is -0.493 e. The Morgan fingerprint density at radius 2 is 2.16 bits per heavy atom. The Labute approximate surface area is 148 Å². The molecule has 0 radical (unpaired) electrons. The van der Waals surface area contributed by atoms with E-state index in [1.807, 2.05) is 0 Å². The summed E-state index contributed by atoms with van der Waals surface area (Å²) in [6.07, 6.45) is 5.91. The van der Waals surface area contributed by atoms with Gasteiger partial charge in [-0.3, -0.25) is 0 Å². The van der Waals surface area contributed by atoms with Crippen LogP contribution in [0.2, 0.25) is 0 Å². The molecule has 1 aromatic rings. The van der Waals surface area contributed by atoms with Crippen LogP contribution >= 0.6 is 0 Å². The molecule has 0 aliphatic heterocycles. The topological polar surface area (TPSA) is 46.5 Å². The second-order valence-corrected chi connectivity index (χ2v) is 8.03. The van der Waals surface area contributed by atoms with Gasteiger partial charge in [0, 0.05) is 11.5 Å². The van der Waals surface area contributed by atoms with Crippen LogP contribution < -0.4 is 4.74 Å². The van der Waals surface area contributed by atoms with Crippen molar-refractivity contribution >= 4 is 5.97 Å². The zero-order valence-corrected chi connectivity index (χ0v) is 15.1. The van der Waals surface area contributed by atoms with Crippen molar-refractivity contribution in [3.05, 3.63) is 41.2 Å². The predicted octanol–water partition coefficient (Wildman–Crippen LogP) is 5.55. The average molecular weight is 346 g/mol. The fraction of sp³-hybridized carbons (Fsp3) is 0.571. The lowest BCUT2D eigenvalue weighted by atomic mass is 9.67. The summed E-state index contributed by atoms with van der Waals surface area (Å²) in [7, 11) is 0. The first kappa shape index (κ1) is 18.0. The number of ether oxygens (including phenoxy) is 1. The fourth-order valence-electron chi connectivity index (χ4n) is 4.32. The van der Waals surface area contributed by atoms with E-state index in [2.05, 4.69) is 20.4 Å². The van der Waals surface area contributed by atoms with Crippen molar-refractivity contribution in [1.82, 2.24) is 0 Å². The van der Waals surface area contributed by atoms with Gasteiger partial charge < -0.3 is 9.84 Å². The van der Waals surface area contributed by atoms with Gasteiger partial charge in [-0.15, -0.1) is 0 Å².